The molecule has 1 saturated heterocycles. The zero-order chi connectivity index (χ0) is 24.0. The zero-order valence-corrected chi connectivity index (χ0v) is 19.9. The summed E-state index contributed by atoms with van der Waals surface area (Å²) in [7, 11) is 0. The lowest BCUT2D eigenvalue weighted by atomic mass is 10.1. The number of nitrogens with zero attached hydrogens (tertiary/aromatic N) is 1. The van der Waals surface area contributed by atoms with E-state index in [1.807, 2.05) is 0 Å². The first-order chi connectivity index (χ1) is 14.0. The molecule has 0 aromatic carbocycles. The smallest absolute Gasteiger partial charge is 0.431 e. The Bertz CT molecular complexity index is 676. The molecule has 0 radical (unpaired) electrons. The van der Waals surface area contributed by atoms with Gasteiger partial charge in [-0.1, -0.05) is 6.08 Å². The van der Waals surface area contributed by atoms with E-state index < -0.39 is 47.2 Å². The molecule has 0 saturated carbocycles. The van der Waals surface area contributed by atoms with E-state index in [4.69, 9.17) is 23.8 Å². The van der Waals surface area contributed by atoms with Gasteiger partial charge in [0.2, 0.25) is 0 Å². The van der Waals surface area contributed by atoms with Crippen molar-refractivity contribution in [3.05, 3.63) is 12.2 Å². The number of hydrogen-bond acceptors (Lipinski definition) is 8. The second kappa shape index (κ2) is 10.3. The maximum Gasteiger partial charge on any atom is 0.431 e. The van der Waals surface area contributed by atoms with E-state index in [0.29, 0.717) is 0 Å². The maximum absolute atomic E-state index is 12.8. The summed E-state index contributed by atoms with van der Waals surface area (Å²) < 4.78 is 21.7. The number of hydrogen-bond donors (Lipinski definition) is 1. The number of ether oxygens (including phenoxy) is 4. The van der Waals surface area contributed by atoms with Crippen LogP contribution in [-0.2, 0) is 28.6 Å². The predicted octanol–water partition coefficient (Wildman–Crippen LogP) is 3.30. The van der Waals surface area contributed by atoms with Gasteiger partial charge in [0.05, 0.1) is 13.2 Å². The quantitative estimate of drug-likeness (QED) is 0.218. The van der Waals surface area contributed by atoms with Crippen LogP contribution in [0.15, 0.2) is 12.2 Å². The van der Waals surface area contributed by atoms with Crippen molar-refractivity contribution in [3.8, 4) is 0 Å². The Balaban J connectivity index is 2.84. The summed E-state index contributed by atoms with van der Waals surface area (Å²) in [5.74, 6) is -0.517. The predicted molar refractivity (Wildman–Crippen MR) is 112 cm³/mol. The third kappa shape index (κ3) is 9.56. The van der Waals surface area contributed by atoms with Gasteiger partial charge in [0.1, 0.15) is 29.1 Å². The van der Waals surface area contributed by atoms with Crippen molar-refractivity contribution in [1.82, 2.24) is 10.4 Å². The fourth-order valence-corrected chi connectivity index (χ4v) is 2.82. The van der Waals surface area contributed by atoms with Gasteiger partial charge in [-0.05, 0) is 61.5 Å². The molecule has 0 aliphatic carbocycles. The topological polar surface area (TPSA) is 113 Å². The monoisotopic (exact) mass is 444 g/mol. The van der Waals surface area contributed by atoms with Gasteiger partial charge in [-0.25, -0.2) is 9.59 Å². The summed E-state index contributed by atoms with van der Waals surface area (Å²) in [6, 6.07) is -0.608. The van der Waals surface area contributed by atoms with Gasteiger partial charge in [0.25, 0.3) is 0 Å². The van der Waals surface area contributed by atoms with Gasteiger partial charge >= 0.3 is 18.2 Å². The van der Waals surface area contributed by atoms with Crippen LogP contribution in [0, 0.1) is 0 Å². The molecule has 1 rings (SSSR count). The molecule has 0 aromatic rings. The van der Waals surface area contributed by atoms with Crippen LogP contribution in [0.25, 0.3) is 0 Å². The van der Waals surface area contributed by atoms with Crippen LogP contribution in [-0.4, -0.2) is 65.3 Å². The molecule has 10 heteroatoms. The number of carbonyl (C=O) groups is 3. The van der Waals surface area contributed by atoms with Gasteiger partial charge in [-0.15, -0.1) is 0 Å². The minimum atomic E-state index is -0.950. The van der Waals surface area contributed by atoms with Crippen LogP contribution in [0.4, 0.5) is 9.59 Å². The molecular weight excluding hydrogens is 408 g/mol. The minimum absolute atomic E-state index is 0.0135. The lowest BCUT2D eigenvalue weighted by Gasteiger charge is -2.36. The third-order valence-electron chi connectivity index (χ3n) is 3.85. The fraction of sp³-hybridized carbons (Fsp3) is 0.762. The Kier molecular flexibility index (Phi) is 8.89. The van der Waals surface area contributed by atoms with Gasteiger partial charge in [0.15, 0.2) is 0 Å². The summed E-state index contributed by atoms with van der Waals surface area (Å²) in [4.78, 5) is 42.5. The fourth-order valence-electron chi connectivity index (χ4n) is 2.82. The molecule has 0 aromatic heterocycles. The van der Waals surface area contributed by atoms with Crippen LogP contribution in [0.2, 0.25) is 0 Å². The summed E-state index contributed by atoms with van der Waals surface area (Å²) >= 11 is 0. The van der Waals surface area contributed by atoms with Crippen molar-refractivity contribution in [3.63, 3.8) is 0 Å². The van der Waals surface area contributed by atoms with E-state index in [1.54, 1.807) is 67.5 Å². The second-order valence-corrected chi connectivity index (χ2v) is 9.59. The van der Waals surface area contributed by atoms with Crippen LogP contribution in [0.3, 0.4) is 0 Å². The molecule has 1 fully saturated rings. The highest BCUT2D eigenvalue weighted by Gasteiger charge is 2.49. The van der Waals surface area contributed by atoms with Crippen molar-refractivity contribution in [2.45, 2.75) is 91.4 Å². The van der Waals surface area contributed by atoms with E-state index in [9.17, 15) is 14.4 Å². The zero-order valence-electron chi connectivity index (χ0n) is 19.9. The molecule has 2 atom stereocenters. The molecule has 2 amide bonds. The normalized spacial score (nSPS) is 19.8. The Labute approximate surface area is 184 Å². The average Bonchev–Trinajstić information content (AvgIpc) is 2.85. The molecule has 1 aliphatic rings. The Hall–Kier alpha value is -2.33. The van der Waals surface area contributed by atoms with Crippen LogP contribution in [0.1, 0.15) is 62.3 Å². The van der Waals surface area contributed by atoms with Gasteiger partial charge < -0.3 is 18.9 Å². The van der Waals surface area contributed by atoms with Crippen molar-refractivity contribution in [2.24, 2.45) is 0 Å². The summed E-state index contributed by atoms with van der Waals surface area (Å²) in [6.45, 7) is 15.4. The summed E-state index contributed by atoms with van der Waals surface area (Å²) in [6.07, 6.45) is 1.03. The van der Waals surface area contributed by atoms with Crippen molar-refractivity contribution >= 4 is 18.2 Å². The average molecular weight is 445 g/mol. The van der Waals surface area contributed by atoms with Crippen molar-refractivity contribution < 1.29 is 38.2 Å². The van der Waals surface area contributed by atoms with E-state index in [0.717, 1.165) is 0 Å². The molecule has 1 aliphatic heterocycles. The lowest BCUT2D eigenvalue weighted by Crippen LogP contribution is -2.53. The van der Waals surface area contributed by atoms with Crippen molar-refractivity contribution in [1.29, 1.82) is 0 Å². The molecule has 178 valence electrons. The number of hydroxylamine groups is 1. The molecule has 1 heterocycles. The molecular formula is C21H36N2O8. The number of rotatable bonds is 6. The first-order valence-electron chi connectivity index (χ1n) is 10.1. The Morgan fingerprint density at radius 1 is 1.13 bits per heavy atom. The molecule has 31 heavy (non-hydrogen) atoms. The van der Waals surface area contributed by atoms with E-state index in [-0.39, 0.29) is 13.2 Å². The summed E-state index contributed by atoms with van der Waals surface area (Å²) in [5.41, 5.74) is -0.140. The largest absolute Gasteiger partial charge is 0.456 e. The highest BCUT2D eigenvalue weighted by Crippen LogP contribution is 2.32. The number of nitrogens with one attached hydrogen (secondary N) is 1. The van der Waals surface area contributed by atoms with Gasteiger partial charge in [-0.3, -0.25) is 14.5 Å². The Morgan fingerprint density at radius 2 is 1.71 bits per heavy atom. The standard InChI is InChI=1S/C21H36N2O8/c1-14(24)29-16(11-10-12-28-22-17(25)30-19(2,3)4)15-13-27-21(8,9)23(15)18(26)31-20(5,6)7/h10-11,15-16H,12-13H2,1-9H3,(H,22,25)/b11-10+/t15-,16+/m0/s1. The number of esters is 1. The van der Waals surface area contributed by atoms with Crippen LogP contribution < -0.4 is 5.48 Å². The minimum Gasteiger partial charge on any atom is -0.456 e. The second-order valence-electron chi connectivity index (χ2n) is 9.59. The molecule has 0 bridgehead atoms. The first-order valence-corrected chi connectivity index (χ1v) is 10.1. The maximum atomic E-state index is 12.8. The van der Waals surface area contributed by atoms with Gasteiger partial charge in [0, 0.05) is 6.92 Å². The van der Waals surface area contributed by atoms with E-state index in [1.165, 1.54) is 11.8 Å². The first kappa shape index (κ1) is 26.7. The van der Waals surface area contributed by atoms with E-state index >= 15 is 0 Å². The lowest BCUT2D eigenvalue weighted by molar-refractivity contribution is -0.147. The molecule has 1 N–H and O–H groups in total. The third-order valence-corrected chi connectivity index (χ3v) is 3.85. The molecule has 0 spiro atoms. The van der Waals surface area contributed by atoms with Crippen LogP contribution >= 0.6 is 0 Å². The SMILES string of the molecule is CC(=O)O[C@H](/C=C/CONC(=O)OC(C)(C)C)[C@@H]1COC(C)(C)N1C(=O)OC(C)(C)C. The van der Waals surface area contributed by atoms with Gasteiger partial charge in [-0.2, -0.15) is 5.48 Å². The number of carbonyl (C=O) groups excluding carboxylic acids is 3. The van der Waals surface area contributed by atoms with E-state index in [2.05, 4.69) is 5.48 Å². The highest BCUT2D eigenvalue weighted by atomic mass is 16.7. The summed E-state index contributed by atoms with van der Waals surface area (Å²) in [5, 5.41) is 0. The number of amides is 2. The molecule has 0 unspecified atom stereocenters. The highest BCUT2D eigenvalue weighted by molar-refractivity contribution is 5.70. The Morgan fingerprint density at radius 3 is 2.23 bits per heavy atom. The van der Waals surface area contributed by atoms with Crippen molar-refractivity contribution in [2.75, 3.05) is 13.2 Å². The van der Waals surface area contributed by atoms with Crippen LogP contribution in [0.5, 0.6) is 0 Å². The molecule has 10 nitrogen and oxygen atoms in total.